The van der Waals surface area contributed by atoms with Crippen molar-refractivity contribution < 1.29 is 27.0 Å². The van der Waals surface area contributed by atoms with Gasteiger partial charge >= 0.3 is 0 Å². The second kappa shape index (κ2) is 6.41. The number of aliphatic hydroxyl groups is 2. The van der Waals surface area contributed by atoms with Crippen molar-refractivity contribution in [3.63, 3.8) is 0 Å². The van der Waals surface area contributed by atoms with Gasteiger partial charge in [-0.15, -0.1) is 0 Å². The van der Waals surface area contributed by atoms with Crippen LogP contribution in [0.4, 0.5) is 0 Å². The van der Waals surface area contributed by atoms with Gasteiger partial charge in [0.15, 0.2) is 19.7 Å². The van der Waals surface area contributed by atoms with Crippen molar-refractivity contribution in [2.45, 2.75) is 6.42 Å². The highest BCUT2D eigenvalue weighted by Crippen LogP contribution is 1.98. The van der Waals surface area contributed by atoms with E-state index in [-0.39, 0.29) is 29.4 Å². The maximum absolute atomic E-state index is 11.1. The quantitative estimate of drug-likeness (QED) is 0.532. The molecule has 92 valence electrons. The van der Waals surface area contributed by atoms with Crippen LogP contribution in [0.15, 0.2) is 0 Å². The molecule has 0 aliphatic heterocycles. The van der Waals surface area contributed by atoms with Gasteiger partial charge in [0.05, 0.1) is 36.2 Å². The molecule has 0 aromatic carbocycles. The molecule has 0 saturated carbocycles. The highest BCUT2D eigenvalue weighted by molar-refractivity contribution is 7.92. The molecule has 0 unspecified atom stereocenters. The Balaban J connectivity index is 4.00. The summed E-state index contributed by atoms with van der Waals surface area (Å²) in [5.41, 5.74) is 0. The summed E-state index contributed by atoms with van der Waals surface area (Å²) in [4.78, 5) is 0. The van der Waals surface area contributed by atoms with E-state index in [9.17, 15) is 16.8 Å². The summed E-state index contributed by atoms with van der Waals surface area (Å²) in [5, 5.41) is 16.8. The van der Waals surface area contributed by atoms with Gasteiger partial charge in [0.2, 0.25) is 0 Å². The monoisotopic (exact) mass is 260 g/mol. The van der Waals surface area contributed by atoms with Crippen molar-refractivity contribution in [3.05, 3.63) is 0 Å². The molecule has 0 aromatic heterocycles. The van der Waals surface area contributed by atoms with Crippen molar-refractivity contribution in [1.82, 2.24) is 0 Å². The molecule has 2 N–H and O–H groups in total. The van der Waals surface area contributed by atoms with Crippen LogP contribution in [0.25, 0.3) is 0 Å². The number of aliphatic hydroxyl groups excluding tert-OH is 2. The lowest BCUT2D eigenvalue weighted by Crippen LogP contribution is -2.19. The van der Waals surface area contributed by atoms with Crippen LogP contribution < -0.4 is 0 Å². The smallest absolute Gasteiger partial charge is 0.152 e. The molecule has 8 heteroatoms. The summed E-state index contributed by atoms with van der Waals surface area (Å²) >= 11 is 0. The van der Waals surface area contributed by atoms with Crippen LogP contribution >= 0.6 is 0 Å². The number of rotatable bonds is 8. The van der Waals surface area contributed by atoms with Crippen LogP contribution in [0.1, 0.15) is 6.42 Å². The fourth-order valence-electron chi connectivity index (χ4n) is 0.981. The molecular formula is C7H16O6S2. The largest absolute Gasteiger partial charge is 0.395 e. The molecule has 0 aliphatic rings. The van der Waals surface area contributed by atoms with Gasteiger partial charge in [0.25, 0.3) is 0 Å². The second-order valence-corrected chi connectivity index (χ2v) is 7.71. The predicted octanol–water partition coefficient (Wildman–Crippen LogP) is -1.81. The van der Waals surface area contributed by atoms with E-state index >= 15 is 0 Å². The van der Waals surface area contributed by atoms with Crippen LogP contribution in [0.5, 0.6) is 0 Å². The van der Waals surface area contributed by atoms with Crippen molar-refractivity contribution in [1.29, 1.82) is 0 Å². The van der Waals surface area contributed by atoms with Gasteiger partial charge in [-0.25, -0.2) is 16.8 Å². The van der Waals surface area contributed by atoms with E-state index in [1.165, 1.54) is 0 Å². The molecular weight excluding hydrogens is 244 g/mol. The molecule has 0 radical (unpaired) electrons. The lowest BCUT2D eigenvalue weighted by Gasteiger charge is -2.03. The van der Waals surface area contributed by atoms with Crippen molar-refractivity contribution in [2.24, 2.45) is 0 Å². The highest BCUT2D eigenvalue weighted by Gasteiger charge is 2.14. The summed E-state index contributed by atoms with van der Waals surface area (Å²) in [5.74, 6) is -1.18. The Morgan fingerprint density at radius 2 is 1.00 bits per heavy atom. The molecule has 0 aromatic rings. The van der Waals surface area contributed by atoms with Crippen LogP contribution in [-0.2, 0) is 19.7 Å². The first-order chi connectivity index (χ1) is 6.83. The van der Waals surface area contributed by atoms with E-state index in [2.05, 4.69) is 0 Å². The molecule has 15 heavy (non-hydrogen) atoms. The fourth-order valence-corrected chi connectivity index (χ4v) is 3.30. The maximum atomic E-state index is 11.1. The van der Waals surface area contributed by atoms with Gasteiger partial charge in [0.1, 0.15) is 0 Å². The zero-order chi connectivity index (χ0) is 11.9. The van der Waals surface area contributed by atoms with E-state index < -0.39 is 32.9 Å². The minimum Gasteiger partial charge on any atom is -0.395 e. The SMILES string of the molecule is O=S(=O)(CCO)CCCS(=O)(=O)CCO. The van der Waals surface area contributed by atoms with Gasteiger partial charge in [-0.05, 0) is 6.42 Å². The summed E-state index contributed by atoms with van der Waals surface area (Å²) in [7, 11) is -6.69. The predicted molar refractivity (Wildman–Crippen MR) is 56.1 cm³/mol. The van der Waals surface area contributed by atoms with Gasteiger partial charge in [-0.3, -0.25) is 0 Å². The van der Waals surface area contributed by atoms with Crippen LogP contribution in [0, 0.1) is 0 Å². The Hall–Kier alpha value is -0.180. The Morgan fingerprint density at radius 3 is 1.27 bits per heavy atom. The average Bonchev–Trinajstić information content (AvgIpc) is 2.02. The summed E-state index contributed by atoms with van der Waals surface area (Å²) in [6.45, 7) is -0.905. The van der Waals surface area contributed by atoms with Crippen molar-refractivity contribution >= 4 is 19.7 Å². The molecule has 0 aliphatic carbocycles. The topological polar surface area (TPSA) is 109 Å². The molecule has 0 atom stereocenters. The molecule has 0 fully saturated rings. The third-order valence-electron chi connectivity index (χ3n) is 1.72. The van der Waals surface area contributed by atoms with E-state index in [1.54, 1.807) is 0 Å². The maximum Gasteiger partial charge on any atom is 0.152 e. The highest BCUT2D eigenvalue weighted by atomic mass is 32.2. The van der Waals surface area contributed by atoms with Crippen LogP contribution in [0.2, 0.25) is 0 Å². The van der Waals surface area contributed by atoms with Crippen LogP contribution in [0.3, 0.4) is 0 Å². The standard InChI is InChI=1S/C7H16O6S2/c8-2-6-14(10,11)4-1-5-15(12,13)7-3-9/h8-9H,1-7H2. The Bertz CT molecular complexity index is 319. The summed E-state index contributed by atoms with van der Waals surface area (Å²) in [6, 6.07) is 0. The van der Waals surface area contributed by atoms with E-state index in [1.807, 2.05) is 0 Å². The lowest BCUT2D eigenvalue weighted by atomic mass is 10.6. The van der Waals surface area contributed by atoms with Crippen molar-refractivity contribution in [3.8, 4) is 0 Å². The third-order valence-corrected chi connectivity index (χ3v) is 5.15. The number of hydrogen-bond acceptors (Lipinski definition) is 6. The second-order valence-electron chi connectivity index (χ2n) is 3.10. The first-order valence-corrected chi connectivity index (χ1v) is 8.10. The molecule has 0 bridgehead atoms. The molecule has 0 heterocycles. The number of sulfone groups is 2. The lowest BCUT2D eigenvalue weighted by molar-refractivity contribution is 0.319. The zero-order valence-electron chi connectivity index (χ0n) is 8.29. The first kappa shape index (κ1) is 14.8. The van der Waals surface area contributed by atoms with Gasteiger partial charge in [-0.2, -0.15) is 0 Å². The first-order valence-electron chi connectivity index (χ1n) is 4.45. The Kier molecular flexibility index (Phi) is 6.34. The minimum atomic E-state index is -3.35. The Morgan fingerprint density at radius 1 is 0.667 bits per heavy atom. The fraction of sp³-hybridized carbons (Fsp3) is 1.00. The van der Waals surface area contributed by atoms with E-state index in [0.717, 1.165) is 0 Å². The molecule has 0 amide bonds. The molecule has 0 saturated heterocycles. The van der Waals surface area contributed by atoms with Gasteiger partial charge in [0, 0.05) is 0 Å². The van der Waals surface area contributed by atoms with Gasteiger partial charge < -0.3 is 10.2 Å². The molecule has 0 spiro atoms. The molecule has 6 nitrogen and oxygen atoms in total. The van der Waals surface area contributed by atoms with E-state index in [0.29, 0.717) is 0 Å². The van der Waals surface area contributed by atoms with Gasteiger partial charge in [-0.1, -0.05) is 0 Å². The van der Waals surface area contributed by atoms with Crippen LogP contribution in [-0.4, -0.2) is 63.3 Å². The van der Waals surface area contributed by atoms with E-state index in [4.69, 9.17) is 10.2 Å². The number of hydrogen-bond donors (Lipinski definition) is 2. The normalized spacial score (nSPS) is 12.9. The van der Waals surface area contributed by atoms with Crippen molar-refractivity contribution in [2.75, 3.05) is 36.2 Å². The summed E-state index contributed by atoms with van der Waals surface area (Å²) in [6.07, 6.45) is 0.00463. The molecule has 0 rings (SSSR count). The summed E-state index contributed by atoms with van der Waals surface area (Å²) < 4.78 is 44.3. The zero-order valence-corrected chi connectivity index (χ0v) is 9.93. The third kappa shape index (κ3) is 7.71. The minimum absolute atomic E-state index is 0.00463. The average molecular weight is 260 g/mol. The Labute approximate surface area is 89.8 Å².